The molecule has 24 nitrogen and oxygen atoms in total. The van der Waals surface area contributed by atoms with Crippen LogP contribution in [0, 0.1) is 94.7 Å². The number of rotatable bonds is 54. The molecule has 0 spiro atoms. The van der Waals surface area contributed by atoms with Crippen LogP contribution in [-0.4, -0.2) is 135 Å². The first-order valence-electron chi connectivity index (χ1n) is 39.5. The molecule has 0 aromatic rings. The Kier molecular flexibility index (Phi) is 91.3. The molecule has 0 heterocycles. The Labute approximate surface area is 775 Å². The van der Waals surface area contributed by atoms with Crippen molar-refractivity contribution in [1.82, 2.24) is 0 Å². The van der Waals surface area contributed by atoms with Crippen LogP contribution in [0.15, 0.2) is 96.2 Å². The van der Waals surface area contributed by atoms with Gasteiger partial charge in [0, 0.05) is 47.1 Å². The second-order valence-corrected chi connectivity index (χ2v) is 31.9. The summed E-state index contributed by atoms with van der Waals surface area (Å²) in [4.78, 5) is 138. The molecule has 0 saturated carbocycles. The molecule has 12 unspecified atom stereocenters. The SMILES string of the molecule is C.C.C.C=C(C)C(=O)OCCOC(=O)CC(C(=O)O)/C(C)=C/C(C)CC(C)CC(C)C.C=C(C)C(=O)OCCOC(=O)CC(C(=O)[O-])/C(C)=C/C(C)CC(C)CC(C)C.C=CC(=O)OCCCCOC(=O)CC(C(=O)O)/C(C)=C/C(C)CC(C)CC(C)C.C=CC(=O)OCCOC(=O)CC(C(=O)[O-])/C(C)=C/C(C)CC(C)CC(C)C.[Ag+].[Ag+].[Pd+2].[Pd+2]. The Morgan fingerprint density at radius 2 is 0.513 bits per heavy atom. The summed E-state index contributed by atoms with van der Waals surface area (Å²) >= 11 is 0. The third-order valence-electron chi connectivity index (χ3n) is 17.5. The molecule has 0 radical (unpaired) electrons. The second kappa shape index (κ2) is 79.5. The number of carbonyl (C=O) groups is 12. The molecular weight excluding hydrogens is 1910 g/mol. The van der Waals surface area contributed by atoms with Crippen molar-refractivity contribution in [2.75, 3.05) is 52.9 Å². The standard InChI is InChI=1S/C23H38O6.2C22H36O6.C21H34O6.3CH4.2Ag.2Pd/c1-7-21(24)28-10-8-9-11-29-22(25)15-20(23(26)27)19(6)14-18(5)13-17(4)12-16(2)3;2*1-14(2)10-16(5)11-17(6)12-18(7)19(21(24)25)13-20(23)27-8-9-28-22(26)15(3)4;1-7-19(22)26-8-9-27-20(23)13-18(21(24)25)17(6)12-16(5)11-15(4)10-14(2)3;;;;;;;/h7,14,16-18,20H,1,8-13,15H2,2-6H3,(H,26,27);2*12,14,16-17,19H,3,8-11,13H2,1-2,4-7H3,(H,24,25);7,12,14-16,18H,1,8-11,13H2,2-6H3,(H,24,25);3*1H4;;;;/q;;;;;;;2*+1;2*+2/p-2/b19-14+;2*18-12+;17-12+;;;;;;;. The van der Waals surface area contributed by atoms with E-state index < -0.39 is 95.3 Å². The number of allylic oxidation sites excluding steroid dienone is 4. The number of carboxylic acids is 4. The van der Waals surface area contributed by atoms with E-state index in [2.05, 4.69) is 128 Å². The molecule has 0 aliphatic carbocycles. The van der Waals surface area contributed by atoms with Crippen LogP contribution in [-0.2, 0) is 181 Å². The number of ether oxygens (including phenoxy) is 8. The van der Waals surface area contributed by atoms with Gasteiger partial charge < -0.3 is 67.9 Å². The van der Waals surface area contributed by atoms with E-state index in [4.69, 9.17) is 33.2 Å². The third kappa shape index (κ3) is 78.1. The van der Waals surface area contributed by atoms with Crippen molar-refractivity contribution in [3.63, 3.8) is 0 Å². The van der Waals surface area contributed by atoms with Crippen molar-refractivity contribution in [2.24, 2.45) is 94.7 Å². The molecule has 0 saturated heterocycles. The minimum Gasteiger partial charge on any atom is -0.549 e. The van der Waals surface area contributed by atoms with Gasteiger partial charge in [-0.25, -0.2) is 19.2 Å². The van der Waals surface area contributed by atoms with E-state index in [1.807, 2.05) is 38.2 Å². The average Bonchev–Trinajstić information content (AvgIpc) is 0.902. The topological polar surface area (TPSA) is 365 Å². The Balaban J connectivity index is -0.000000142. The van der Waals surface area contributed by atoms with Crippen molar-refractivity contribution < 1.29 is 201 Å². The molecule has 0 aromatic heterocycles. The normalized spacial score (nSPS) is 14.0. The van der Waals surface area contributed by atoms with Gasteiger partial charge in [-0.3, -0.25) is 28.8 Å². The van der Waals surface area contributed by atoms with Gasteiger partial charge in [-0.15, -0.1) is 0 Å². The monoisotopic (exact) mass is 2060 g/mol. The number of aliphatic carboxylic acids is 4. The van der Waals surface area contributed by atoms with E-state index in [1.54, 1.807) is 27.7 Å². The molecule has 0 aromatic carbocycles. The Bertz CT molecular complexity index is 2980. The van der Waals surface area contributed by atoms with Crippen molar-refractivity contribution in [2.45, 2.75) is 264 Å². The van der Waals surface area contributed by atoms with Gasteiger partial charge in [-0.1, -0.05) is 206 Å². The summed E-state index contributed by atoms with van der Waals surface area (Å²) in [5.41, 5.74) is 3.04. The quantitative estimate of drug-likeness (QED) is 0.0143. The fourth-order valence-electron chi connectivity index (χ4n) is 13.1. The molecular formula is C91H154Ag2O24Pd2+4. The molecule has 0 amide bonds. The maximum Gasteiger partial charge on any atom is 2.00 e. The first kappa shape index (κ1) is 137. The Morgan fingerprint density at radius 3 is 0.723 bits per heavy atom. The minimum absolute atomic E-state index is 0. The van der Waals surface area contributed by atoms with Crippen LogP contribution in [0.2, 0.25) is 0 Å². The van der Waals surface area contributed by atoms with Gasteiger partial charge in [0.05, 0.1) is 50.7 Å². The first-order valence-corrected chi connectivity index (χ1v) is 39.5. The molecule has 0 rings (SSSR count). The van der Waals surface area contributed by atoms with Crippen LogP contribution >= 0.6 is 0 Å². The average molecular weight is 2060 g/mol. The van der Waals surface area contributed by atoms with Crippen molar-refractivity contribution in [3.8, 4) is 0 Å². The Morgan fingerprint density at radius 1 is 0.319 bits per heavy atom. The molecule has 0 bridgehead atoms. The minimum atomic E-state index is -1.30. The van der Waals surface area contributed by atoms with Crippen LogP contribution in [0.4, 0.5) is 0 Å². The second-order valence-electron chi connectivity index (χ2n) is 31.9. The summed E-state index contributed by atoms with van der Waals surface area (Å²) in [5.74, 6) is -7.71. The first-order chi connectivity index (χ1) is 52.0. The number of unbranched alkanes of at least 4 members (excludes halogenated alkanes) is 1. The summed E-state index contributed by atoms with van der Waals surface area (Å²) in [5, 5.41) is 41.9. The van der Waals surface area contributed by atoms with Crippen LogP contribution in [0.3, 0.4) is 0 Å². The zero-order valence-corrected chi connectivity index (χ0v) is 79.3. The zero-order chi connectivity index (χ0) is 87.1. The zero-order valence-electron chi connectivity index (χ0n) is 73.2. The number of carbonyl (C=O) groups excluding carboxylic acids is 10. The maximum atomic E-state index is 12.0. The summed E-state index contributed by atoms with van der Waals surface area (Å²) in [7, 11) is 0. The van der Waals surface area contributed by atoms with Crippen LogP contribution in [0.25, 0.3) is 0 Å². The van der Waals surface area contributed by atoms with Crippen molar-refractivity contribution in [3.05, 3.63) is 96.2 Å². The largest absolute Gasteiger partial charge is 2.00 e. The van der Waals surface area contributed by atoms with E-state index in [0.29, 0.717) is 82.5 Å². The maximum absolute atomic E-state index is 12.0. The molecule has 700 valence electrons. The van der Waals surface area contributed by atoms with Crippen LogP contribution in [0.1, 0.15) is 264 Å². The third-order valence-corrected chi connectivity index (χ3v) is 17.5. The van der Waals surface area contributed by atoms with E-state index in [-0.39, 0.29) is 221 Å². The molecule has 2 N–H and O–H groups in total. The smallest absolute Gasteiger partial charge is 0.549 e. The molecule has 119 heavy (non-hydrogen) atoms. The molecule has 28 heteroatoms. The van der Waals surface area contributed by atoms with Gasteiger partial charge in [0.15, 0.2) is 0 Å². The summed E-state index contributed by atoms with van der Waals surface area (Å²) in [6.07, 6.45) is 18.2. The van der Waals surface area contributed by atoms with E-state index in [9.17, 15) is 78.0 Å². The number of hydrogen-bond donors (Lipinski definition) is 2. The van der Waals surface area contributed by atoms with Gasteiger partial charge in [0.1, 0.15) is 39.6 Å². The number of hydrogen-bond acceptors (Lipinski definition) is 22. The van der Waals surface area contributed by atoms with Gasteiger partial charge in [0.2, 0.25) is 0 Å². The van der Waals surface area contributed by atoms with Crippen LogP contribution < -0.4 is 10.2 Å². The molecule has 12 atom stereocenters. The fraction of sp³-hybridized carbons (Fsp3) is 0.692. The summed E-state index contributed by atoms with van der Waals surface area (Å²) in [6, 6.07) is 0. The van der Waals surface area contributed by atoms with Gasteiger partial charge in [0.25, 0.3) is 0 Å². The Hall–Kier alpha value is -5.63. The van der Waals surface area contributed by atoms with Gasteiger partial charge in [-0.05, 0) is 177 Å². The molecule has 0 fully saturated rings. The fourth-order valence-corrected chi connectivity index (χ4v) is 13.1. The van der Waals surface area contributed by atoms with Gasteiger partial charge in [-0.2, -0.15) is 0 Å². The summed E-state index contributed by atoms with van der Waals surface area (Å²) < 4.78 is 39.1. The molecule has 0 aliphatic heterocycles. The van der Waals surface area contributed by atoms with Gasteiger partial charge >= 0.3 is 145 Å². The number of esters is 8. The predicted octanol–water partition coefficient (Wildman–Crippen LogP) is 16.8. The molecule has 0 aliphatic rings. The van der Waals surface area contributed by atoms with Crippen LogP contribution in [0.5, 0.6) is 0 Å². The van der Waals surface area contributed by atoms with E-state index in [0.717, 1.165) is 63.5 Å². The van der Waals surface area contributed by atoms with Crippen molar-refractivity contribution in [1.29, 1.82) is 0 Å². The van der Waals surface area contributed by atoms with E-state index >= 15 is 0 Å². The predicted molar refractivity (Wildman–Crippen MR) is 449 cm³/mol. The number of carboxylic acid groups (broad SMARTS) is 4. The van der Waals surface area contributed by atoms with Crippen molar-refractivity contribution >= 4 is 71.6 Å². The summed E-state index contributed by atoms with van der Waals surface area (Å²) in [6.45, 7) is 57.6. The van der Waals surface area contributed by atoms with E-state index in [1.165, 1.54) is 13.8 Å².